The van der Waals surface area contributed by atoms with E-state index in [1.54, 1.807) is 24.4 Å². The molecule has 2 aromatic heterocycles. The number of halogens is 3. The van der Waals surface area contributed by atoms with Crippen molar-refractivity contribution in [2.45, 2.75) is 25.4 Å². The predicted molar refractivity (Wildman–Crippen MR) is 126 cm³/mol. The third kappa shape index (κ3) is 4.03. The zero-order valence-electron chi connectivity index (χ0n) is 17.2. The highest BCUT2D eigenvalue weighted by atomic mass is 35.5. The van der Waals surface area contributed by atoms with Gasteiger partial charge in [-0.05, 0) is 44.1 Å². The Balaban J connectivity index is 1.59. The molecule has 0 radical (unpaired) electrons. The van der Waals surface area contributed by atoms with E-state index in [2.05, 4.69) is 20.2 Å². The highest BCUT2D eigenvalue weighted by Gasteiger charge is 2.25. The minimum Gasteiger partial charge on any atom is -0.350 e. The number of hydrogen-bond donors (Lipinski definition) is 2. The van der Waals surface area contributed by atoms with Gasteiger partial charge in [0.05, 0.1) is 21.8 Å². The first-order valence-electron chi connectivity index (χ1n) is 10.5. The summed E-state index contributed by atoms with van der Waals surface area (Å²) in [5.41, 5.74) is 2.60. The normalized spacial score (nSPS) is 14.7. The Morgan fingerprint density at radius 1 is 1.03 bits per heavy atom. The number of rotatable bonds is 5. The molecule has 1 fully saturated rings. The van der Waals surface area contributed by atoms with Crippen LogP contribution in [-0.4, -0.2) is 32.6 Å². The van der Waals surface area contributed by atoms with E-state index in [0.29, 0.717) is 44.1 Å². The number of imidazole rings is 1. The molecule has 0 amide bonds. The van der Waals surface area contributed by atoms with Crippen molar-refractivity contribution in [3.8, 4) is 11.4 Å². The van der Waals surface area contributed by atoms with Crippen LogP contribution in [-0.2, 0) is 6.54 Å². The molecule has 2 aromatic carbocycles. The van der Waals surface area contributed by atoms with Crippen LogP contribution in [0.2, 0.25) is 10.0 Å². The molecule has 3 heterocycles. The van der Waals surface area contributed by atoms with Crippen LogP contribution in [0.4, 0.5) is 10.3 Å². The SMILES string of the molecule is Fc1ccccc1CNc1ncc2nc(-c3c(Cl)cccc3Cl)n(C3CCNCC3)c2n1. The summed E-state index contributed by atoms with van der Waals surface area (Å²) >= 11 is 13.1. The Kier molecular flexibility index (Phi) is 5.95. The zero-order chi connectivity index (χ0) is 22.1. The summed E-state index contributed by atoms with van der Waals surface area (Å²) < 4.78 is 16.1. The van der Waals surface area contributed by atoms with Gasteiger partial charge in [0.1, 0.15) is 17.2 Å². The number of aromatic nitrogens is 4. The Morgan fingerprint density at radius 3 is 2.53 bits per heavy atom. The van der Waals surface area contributed by atoms with E-state index in [1.165, 1.54) is 6.07 Å². The Morgan fingerprint density at radius 2 is 1.78 bits per heavy atom. The first-order valence-corrected chi connectivity index (χ1v) is 11.2. The molecule has 1 aliphatic heterocycles. The van der Waals surface area contributed by atoms with Gasteiger partial charge in [0.2, 0.25) is 5.95 Å². The van der Waals surface area contributed by atoms with E-state index in [0.717, 1.165) is 25.9 Å². The Bertz CT molecular complexity index is 1250. The second-order valence-corrected chi connectivity index (χ2v) is 8.55. The molecule has 1 aliphatic rings. The molecule has 6 nitrogen and oxygen atoms in total. The zero-order valence-corrected chi connectivity index (χ0v) is 18.7. The van der Waals surface area contributed by atoms with Crippen molar-refractivity contribution in [3.05, 3.63) is 70.1 Å². The summed E-state index contributed by atoms with van der Waals surface area (Å²) in [4.78, 5) is 14.0. The van der Waals surface area contributed by atoms with Crippen molar-refractivity contribution in [3.63, 3.8) is 0 Å². The van der Waals surface area contributed by atoms with E-state index in [9.17, 15) is 4.39 Å². The molecule has 0 atom stereocenters. The van der Waals surface area contributed by atoms with Crippen molar-refractivity contribution in [2.24, 2.45) is 0 Å². The Hall–Kier alpha value is -2.74. The molecule has 1 saturated heterocycles. The third-order valence-corrected chi connectivity index (χ3v) is 6.32. The number of anilines is 1. The van der Waals surface area contributed by atoms with Crippen LogP contribution < -0.4 is 10.6 Å². The highest BCUT2D eigenvalue weighted by molar-refractivity contribution is 6.39. The van der Waals surface area contributed by atoms with Gasteiger partial charge in [0, 0.05) is 18.2 Å². The van der Waals surface area contributed by atoms with Crippen LogP contribution in [0.5, 0.6) is 0 Å². The second-order valence-electron chi connectivity index (χ2n) is 7.73. The number of nitrogens with one attached hydrogen (secondary N) is 2. The number of nitrogens with zero attached hydrogens (tertiary/aromatic N) is 4. The molecule has 5 rings (SSSR count). The fourth-order valence-electron chi connectivity index (χ4n) is 4.09. The standard InChI is InChI=1S/C23H21Cl2FN6/c24-16-5-3-6-17(25)20(16)22-30-19-13-29-23(28-12-14-4-1-2-7-18(14)26)31-21(19)32(22)15-8-10-27-11-9-15/h1-7,13,15,27H,8-12H2,(H,28,29,31). The van der Waals surface area contributed by atoms with Gasteiger partial charge in [0.25, 0.3) is 0 Å². The van der Waals surface area contributed by atoms with Crippen molar-refractivity contribution < 1.29 is 4.39 Å². The first-order chi connectivity index (χ1) is 15.6. The van der Waals surface area contributed by atoms with Gasteiger partial charge in [-0.1, -0.05) is 47.5 Å². The lowest BCUT2D eigenvalue weighted by molar-refractivity contribution is 0.376. The van der Waals surface area contributed by atoms with Crippen molar-refractivity contribution in [1.29, 1.82) is 0 Å². The maximum atomic E-state index is 14.0. The molecule has 0 aliphatic carbocycles. The predicted octanol–water partition coefficient (Wildman–Crippen LogP) is 5.48. The first kappa shape index (κ1) is 21.1. The van der Waals surface area contributed by atoms with Crippen molar-refractivity contribution >= 4 is 40.3 Å². The Labute approximate surface area is 194 Å². The van der Waals surface area contributed by atoms with Gasteiger partial charge in [-0.25, -0.2) is 14.4 Å². The molecule has 0 unspecified atom stereocenters. The third-order valence-electron chi connectivity index (χ3n) is 5.69. The number of benzene rings is 2. The number of piperidine rings is 1. The quantitative estimate of drug-likeness (QED) is 0.404. The van der Waals surface area contributed by atoms with Crippen LogP contribution >= 0.6 is 23.2 Å². The number of hydrogen-bond acceptors (Lipinski definition) is 5. The van der Waals surface area contributed by atoms with Gasteiger partial charge in [0.15, 0.2) is 5.65 Å². The summed E-state index contributed by atoms with van der Waals surface area (Å²) in [7, 11) is 0. The maximum Gasteiger partial charge on any atom is 0.225 e. The van der Waals surface area contributed by atoms with Crippen LogP contribution in [0.1, 0.15) is 24.4 Å². The molecule has 0 spiro atoms. The van der Waals surface area contributed by atoms with Gasteiger partial charge in [-0.15, -0.1) is 0 Å². The van der Waals surface area contributed by atoms with E-state index in [4.69, 9.17) is 33.2 Å². The summed E-state index contributed by atoms with van der Waals surface area (Å²) in [6.07, 6.45) is 3.54. The smallest absolute Gasteiger partial charge is 0.225 e. The van der Waals surface area contributed by atoms with Crippen molar-refractivity contribution in [1.82, 2.24) is 24.8 Å². The molecular formula is C23H21Cl2FN6. The lowest BCUT2D eigenvalue weighted by Gasteiger charge is -2.26. The van der Waals surface area contributed by atoms with E-state index in [1.807, 2.05) is 18.2 Å². The molecule has 9 heteroatoms. The monoisotopic (exact) mass is 470 g/mol. The highest BCUT2D eigenvalue weighted by Crippen LogP contribution is 2.38. The molecule has 0 saturated carbocycles. The molecule has 164 valence electrons. The average Bonchev–Trinajstić information content (AvgIpc) is 3.17. The second kappa shape index (κ2) is 9.02. The summed E-state index contributed by atoms with van der Waals surface area (Å²) in [6.45, 7) is 2.09. The molecule has 2 N–H and O–H groups in total. The molecule has 32 heavy (non-hydrogen) atoms. The molecule has 0 bridgehead atoms. The van der Waals surface area contributed by atoms with Crippen molar-refractivity contribution in [2.75, 3.05) is 18.4 Å². The minimum absolute atomic E-state index is 0.193. The van der Waals surface area contributed by atoms with Gasteiger partial charge >= 0.3 is 0 Å². The number of fused-ring (bicyclic) bond motifs is 1. The summed E-state index contributed by atoms with van der Waals surface area (Å²) in [5.74, 6) is 0.826. The minimum atomic E-state index is -0.267. The average molecular weight is 471 g/mol. The van der Waals surface area contributed by atoms with E-state index >= 15 is 0 Å². The lowest BCUT2D eigenvalue weighted by atomic mass is 10.1. The fraction of sp³-hybridized carbons (Fsp3) is 0.261. The summed E-state index contributed by atoms with van der Waals surface area (Å²) in [6, 6.07) is 12.3. The van der Waals surface area contributed by atoms with Crippen LogP contribution in [0.25, 0.3) is 22.6 Å². The largest absolute Gasteiger partial charge is 0.350 e. The van der Waals surface area contributed by atoms with Crippen LogP contribution in [0.3, 0.4) is 0 Å². The summed E-state index contributed by atoms with van der Waals surface area (Å²) in [5, 5.41) is 7.60. The van der Waals surface area contributed by atoms with Gasteiger partial charge in [-0.3, -0.25) is 0 Å². The van der Waals surface area contributed by atoms with E-state index < -0.39 is 0 Å². The van der Waals surface area contributed by atoms with Crippen LogP contribution in [0, 0.1) is 5.82 Å². The van der Waals surface area contributed by atoms with Gasteiger partial charge < -0.3 is 15.2 Å². The van der Waals surface area contributed by atoms with E-state index in [-0.39, 0.29) is 18.4 Å². The van der Waals surface area contributed by atoms with Crippen LogP contribution in [0.15, 0.2) is 48.7 Å². The fourth-order valence-corrected chi connectivity index (χ4v) is 4.66. The van der Waals surface area contributed by atoms with Gasteiger partial charge in [-0.2, -0.15) is 4.98 Å². The molecule has 4 aromatic rings. The topological polar surface area (TPSA) is 67.7 Å². The maximum absolute atomic E-state index is 14.0. The molecular weight excluding hydrogens is 450 g/mol. The lowest BCUT2D eigenvalue weighted by Crippen LogP contribution is -2.29.